The van der Waals surface area contributed by atoms with E-state index >= 15 is 0 Å². The molecule has 1 aromatic rings. The van der Waals surface area contributed by atoms with Crippen LogP contribution >= 0.6 is 0 Å². The summed E-state index contributed by atoms with van der Waals surface area (Å²) in [4.78, 5) is 10.9. The summed E-state index contributed by atoms with van der Waals surface area (Å²) in [6.45, 7) is 6.87. The SMILES string of the molecule is CC1(C)OB(C(=Cc2cc(C=O)cc(C(F)(F)F)c2)CO)OC1(C)C. The first-order chi connectivity index (χ1) is 11.4. The highest BCUT2D eigenvalue weighted by Crippen LogP contribution is 2.39. The van der Waals surface area contributed by atoms with Crippen molar-refractivity contribution >= 4 is 19.5 Å². The Morgan fingerprint density at radius 2 is 1.64 bits per heavy atom. The van der Waals surface area contributed by atoms with E-state index < -0.39 is 36.7 Å². The summed E-state index contributed by atoms with van der Waals surface area (Å²) in [5.41, 5.74) is -1.92. The zero-order chi connectivity index (χ0) is 19.0. The Balaban J connectivity index is 2.42. The summed E-state index contributed by atoms with van der Waals surface area (Å²) >= 11 is 0. The molecular formula is C17H20BF3O4. The van der Waals surface area contributed by atoms with Crippen molar-refractivity contribution in [2.45, 2.75) is 45.1 Å². The van der Waals surface area contributed by atoms with E-state index in [2.05, 4.69) is 0 Å². The molecule has 0 amide bonds. The predicted molar refractivity (Wildman–Crippen MR) is 88.0 cm³/mol. The number of hydrogen-bond acceptors (Lipinski definition) is 4. The van der Waals surface area contributed by atoms with E-state index in [1.165, 1.54) is 12.1 Å². The van der Waals surface area contributed by atoms with Gasteiger partial charge in [-0.3, -0.25) is 4.79 Å². The van der Waals surface area contributed by atoms with E-state index in [0.29, 0.717) is 6.29 Å². The first-order valence-corrected chi connectivity index (χ1v) is 7.74. The minimum atomic E-state index is -4.58. The van der Waals surface area contributed by atoms with Gasteiger partial charge in [-0.2, -0.15) is 13.2 Å². The monoisotopic (exact) mass is 356 g/mol. The Morgan fingerprint density at radius 1 is 1.12 bits per heavy atom. The van der Waals surface area contributed by atoms with Crippen LogP contribution in [0.4, 0.5) is 13.2 Å². The molecule has 1 aromatic carbocycles. The molecular weight excluding hydrogens is 336 g/mol. The second-order valence-corrected chi connectivity index (χ2v) is 6.97. The highest BCUT2D eigenvalue weighted by molar-refractivity contribution is 6.55. The Morgan fingerprint density at radius 3 is 2.08 bits per heavy atom. The molecule has 0 unspecified atom stereocenters. The maximum atomic E-state index is 13.0. The van der Waals surface area contributed by atoms with E-state index in [4.69, 9.17) is 9.31 Å². The number of carbonyl (C=O) groups is 1. The van der Waals surface area contributed by atoms with Gasteiger partial charge < -0.3 is 14.4 Å². The summed E-state index contributed by atoms with van der Waals surface area (Å²) in [7, 11) is -0.885. The lowest BCUT2D eigenvalue weighted by Crippen LogP contribution is -2.41. The summed E-state index contributed by atoms with van der Waals surface area (Å²) in [6.07, 6.45) is -2.88. The maximum absolute atomic E-state index is 13.0. The molecule has 0 aromatic heterocycles. The van der Waals surface area contributed by atoms with Crippen LogP contribution in [0.5, 0.6) is 0 Å². The predicted octanol–water partition coefficient (Wildman–Crippen LogP) is 3.53. The molecule has 0 saturated carbocycles. The van der Waals surface area contributed by atoms with Gasteiger partial charge in [0.2, 0.25) is 0 Å². The zero-order valence-corrected chi connectivity index (χ0v) is 14.5. The van der Waals surface area contributed by atoms with Crippen LogP contribution in [0.3, 0.4) is 0 Å². The van der Waals surface area contributed by atoms with Crippen molar-refractivity contribution in [2.75, 3.05) is 6.61 Å². The van der Waals surface area contributed by atoms with E-state index in [9.17, 15) is 23.1 Å². The summed E-state index contributed by atoms with van der Waals surface area (Å²) in [5, 5.41) is 9.62. The molecule has 1 saturated heterocycles. The molecule has 0 radical (unpaired) electrons. The normalized spacial score (nSPS) is 20.0. The number of rotatable bonds is 4. The van der Waals surface area contributed by atoms with Gasteiger partial charge in [-0.25, -0.2) is 0 Å². The molecule has 0 bridgehead atoms. The molecule has 8 heteroatoms. The van der Waals surface area contributed by atoms with Crippen molar-refractivity contribution in [3.63, 3.8) is 0 Å². The average Bonchev–Trinajstić information content (AvgIpc) is 2.71. The molecule has 0 aliphatic carbocycles. The molecule has 0 spiro atoms. The molecule has 1 aliphatic rings. The molecule has 136 valence electrons. The maximum Gasteiger partial charge on any atom is 0.492 e. The highest BCUT2D eigenvalue weighted by atomic mass is 19.4. The van der Waals surface area contributed by atoms with Gasteiger partial charge in [0.15, 0.2) is 0 Å². The van der Waals surface area contributed by atoms with E-state index in [1.54, 1.807) is 0 Å². The average molecular weight is 356 g/mol. The van der Waals surface area contributed by atoms with Crippen molar-refractivity contribution < 1.29 is 32.4 Å². The van der Waals surface area contributed by atoms with E-state index in [1.807, 2.05) is 27.7 Å². The van der Waals surface area contributed by atoms with Crippen LogP contribution in [0.1, 0.15) is 49.2 Å². The molecule has 1 N–H and O–H groups in total. The van der Waals surface area contributed by atoms with Crippen molar-refractivity contribution in [3.05, 3.63) is 40.4 Å². The lowest BCUT2D eigenvalue weighted by molar-refractivity contribution is -0.137. The molecule has 1 heterocycles. The number of benzene rings is 1. The van der Waals surface area contributed by atoms with Crippen LogP contribution in [-0.2, 0) is 15.5 Å². The fraction of sp³-hybridized carbons (Fsp3) is 0.471. The number of hydrogen-bond donors (Lipinski definition) is 1. The van der Waals surface area contributed by atoms with Crippen LogP contribution in [0.2, 0.25) is 0 Å². The third kappa shape index (κ3) is 4.13. The fourth-order valence-electron chi connectivity index (χ4n) is 2.39. The fourth-order valence-corrected chi connectivity index (χ4v) is 2.39. The number of halogens is 3. The molecule has 1 fully saturated rings. The molecule has 25 heavy (non-hydrogen) atoms. The van der Waals surface area contributed by atoms with Crippen LogP contribution in [0, 0.1) is 0 Å². The first-order valence-electron chi connectivity index (χ1n) is 7.74. The number of aliphatic hydroxyl groups excluding tert-OH is 1. The van der Waals surface area contributed by atoms with Crippen molar-refractivity contribution in [3.8, 4) is 0 Å². The van der Waals surface area contributed by atoms with Crippen LogP contribution in [0.15, 0.2) is 23.7 Å². The Labute approximate surface area is 144 Å². The van der Waals surface area contributed by atoms with Gasteiger partial charge in [0.05, 0.1) is 23.4 Å². The van der Waals surface area contributed by atoms with Crippen LogP contribution < -0.4 is 0 Å². The zero-order valence-electron chi connectivity index (χ0n) is 14.5. The summed E-state index contributed by atoms with van der Waals surface area (Å²) in [5.74, 6) is 0. The quantitative estimate of drug-likeness (QED) is 0.663. The number of aliphatic hydroxyl groups is 1. The minimum absolute atomic E-state index is 0.104. The van der Waals surface area contributed by atoms with Crippen LogP contribution in [0.25, 0.3) is 6.08 Å². The summed E-state index contributed by atoms with van der Waals surface area (Å²) < 4.78 is 50.5. The number of carbonyl (C=O) groups excluding carboxylic acids is 1. The van der Waals surface area contributed by atoms with E-state index in [0.717, 1.165) is 12.1 Å². The number of alkyl halides is 3. The van der Waals surface area contributed by atoms with Gasteiger partial charge in [0.1, 0.15) is 6.29 Å². The molecule has 1 aliphatic heterocycles. The van der Waals surface area contributed by atoms with Crippen molar-refractivity contribution in [2.24, 2.45) is 0 Å². The third-order valence-electron chi connectivity index (χ3n) is 4.53. The molecule has 2 rings (SSSR count). The van der Waals surface area contributed by atoms with Crippen molar-refractivity contribution in [1.29, 1.82) is 0 Å². The van der Waals surface area contributed by atoms with E-state index in [-0.39, 0.29) is 16.6 Å². The first kappa shape index (κ1) is 19.7. The van der Waals surface area contributed by atoms with Crippen molar-refractivity contribution in [1.82, 2.24) is 0 Å². The Hall–Kier alpha value is -1.64. The minimum Gasteiger partial charge on any atom is -0.400 e. The second kappa shape index (κ2) is 6.59. The highest BCUT2D eigenvalue weighted by Gasteiger charge is 2.52. The number of aldehydes is 1. The van der Waals surface area contributed by atoms with Gasteiger partial charge in [-0.05, 0) is 56.9 Å². The smallest absolute Gasteiger partial charge is 0.400 e. The lowest BCUT2D eigenvalue weighted by atomic mass is 9.77. The standard InChI is InChI=1S/C17H20BF3O4/c1-15(2)16(3,4)25-18(24-15)14(10-23)8-11-5-12(9-22)7-13(6-11)17(19,20)21/h5-9,23H,10H2,1-4H3. The molecule has 4 nitrogen and oxygen atoms in total. The largest absolute Gasteiger partial charge is 0.492 e. The topological polar surface area (TPSA) is 55.8 Å². The Kier molecular flexibility index (Phi) is 5.19. The van der Waals surface area contributed by atoms with Gasteiger partial charge in [0.25, 0.3) is 0 Å². The van der Waals surface area contributed by atoms with Gasteiger partial charge in [0, 0.05) is 5.56 Å². The van der Waals surface area contributed by atoms with Crippen LogP contribution in [-0.4, -0.2) is 36.3 Å². The van der Waals surface area contributed by atoms with Gasteiger partial charge in [-0.1, -0.05) is 6.08 Å². The third-order valence-corrected chi connectivity index (χ3v) is 4.53. The van der Waals surface area contributed by atoms with Gasteiger partial charge >= 0.3 is 13.3 Å². The lowest BCUT2D eigenvalue weighted by Gasteiger charge is -2.32. The molecule has 0 atom stereocenters. The van der Waals surface area contributed by atoms with Gasteiger partial charge in [-0.15, -0.1) is 0 Å². The summed E-state index contributed by atoms with van der Waals surface area (Å²) in [6, 6.07) is 2.99. The Bertz CT molecular complexity index is 680. The second-order valence-electron chi connectivity index (χ2n) is 6.97.